The molecule has 0 bridgehead atoms. The Hall–Kier alpha value is -2.95. The Morgan fingerprint density at radius 2 is 2.21 bits per heavy atom. The van der Waals surface area contributed by atoms with E-state index in [0.29, 0.717) is 22.1 Å². The van der Waals surface area contributed by atoms with Gasteiger partial charge in [-0.05, 0) is 6.92 Å². The number of fused-ring (bicyclic) bond motifs is 1. The summed E-state index contributed by atoms with van der Waals surface area (Å²) in [7, 11) is 1.49. The van der Waals surface area contributed by atoms with Crippen LogP contribution in [0.15, 0.2) is 23.6 Å². The van der Waals surface area contributed by atoms with Gasteiger partial charge >= 0.3 is 0 Å². The van der Waals surface area contributed by atoms with Crippen LogP contribution in [0.3, 0.4) is 0 Å². The molecule has 1 atom stereocenters. The Bertz CT molecular complexity index is 883. The van der Waals surface area contributed by atoms with Crippen LogP contribution in [0.25, 0.3) is 11.2 Å². The number of amides is 1. The van der Waals surface area contributed by atoms with Crippen LogP contribution in [-0.2, 0) is 4.79 Å². The van der Waals surface area contributed by atoms with Crippen molar-refractivity contribution >= 4 is 40.7 Å². The van der Waals surface area contributed by atoms with Gasteiger partial charge in [-0.2, -0.15) is 9.97 Å². The molecule has 124 valence electrons. The molecule has 3 aromatic heterocycles. The molecule has 0 aliphatic carbocycles. The number of carbonyl (C=O) groups is 1. The average Bonchev–Trinajstić information content (AvgIpc) is 3.03. The highest BCUT2D eigenvalue weighted by Gasteiger charge is 2.19. The van der Waals surface area contributed by atoms with Crippen molar-refractivity contribution in [1.29, 1.82) is 0 Å². The maximum atomic E-state index is 12.3. The molecule has 0 fully saturated rings. The molecule has 3 heterocycles. The van der Waals surface area contributed by atoms with Crippen LogP contribution >= 0.6 is 11.8 Å². The van der Waals surface area contributed by atoms with Crippen LogP contribution in [-0.4, -0.2) is 48.2 Å². The number of nitrogen functional groups attached to an aromatic ring is 1. The van der Waals surface area contributed by atoms with Gasteiger partial charge in [-0.15, -0.1) is 0 Å². The number of nitrogens with zero attached hydrogens (tertiary/aromatic N) is 5. The predicted octanol–water partition coefficient (Wildman–Crippen LogP) is 0.853. The standard InChI is InChI=1S/C13H14N8O2S/c1-6(10(22)20-13-15-4-3-7(18-13)23-2)24-11-8-9(17-5-16-8)19-12(14)21-11/h3-6H,1-2H3,(H,15,18,20,22)(H3,14,16,17,19,21)/t6-/m1/s1. The number of thioether (sulfide) groups is 1. The molecular formula is C13H14N8O2S. The molecule has 0 radical (unpaired) electrons. The van der Waals surface area contributed by atoms with Crippen LogP contribution in [0.4, 0.5) is 11.9 Å². The number of anilines is 2. The van der Waals surface area contributed by atoms with Crippen molar-refractivity contribution in [2.45, 2.75) is 17.2 Å². The van der Waals surface area contributed by atoms with E-state index >= 15 is 0 Å². The van der Waals surface area contributed by atoms with E-state index in [0.717, 1.165) is 0 Å². The topological polar surface area (TPSA) is 145 Å². The Kier molecular flexibility index (Phi) is 4.42. The summed E-state index contributed by atoms with van der Waals surface area (Å²) in [5.41, 5.74) is 6.75. The SMILES string of the molecule is COc1ccnc(NC(=O)[C@@H](C)Sc2nc(N)nc3nc[nH]c23)n1. The Morgan fingerprint density at radius 3 is 3.00 bits per heavy atom. The molecule has 0 aliphatic heterocycles. The number of aromatic nitrogens is 6. The summed E-state index contributed by atoms with van der Waals surface area (Å²) < 4.78 is 5.00. The zero-order valence-electron chi connectivity index (χ0n) is 12.8. The summed E-state index contributed by atoms with van der Waals surface area (Å²) in [5.74, 6) is 0.350. The number of H-pyrrole nitrogens is 1. The van der Waals surface area contributed by atoms with Crippen molar-refractivity contribution in [3.05, 3.63) is 18.6 Å². The van der Waals surface area contributed by atoms with Gasteiger partial charge in [0.1, 0.15) is 10.5 Å². The third-order valence-electron chi connectivity index (χ3n) is 3.00. The second-order valence-corrected chi connectivity index (χ2v) is 5.99. The van der Waals surface area contributed by atoms with Crippen LogP contribution in [0.1, 0.15) is 6.92 Å². The zero-order valence-corrected chi connectivity index (χ0v) is 13.7. The monoisotopic (exact) mass is 346 g/mol. The van der Waals surface area contributed by atoms with Gasteiger partial charge in [-0.1, -0.05) is 11.8 Å². The number of hydrogen-bond acceptors (Lipinski definition) is 9. The number of ether oxygens (including phenoxy) is 1. The normalized spacial score (nSPS) is 12.1. The largest absolute Gasteiger partial charge is 0.481 e. The first-order valence-electron chi connectivity index (χ1n) is 6.88. The Morgan fingerprint density at radius 1 is 1.38 bits per heavy atom. The fraction of sp³-hybridized carbons (Fsp3) is 0.231. The van der Waals surface area contributed by atoms with Crippen molar-refractivity contribution in [1.82, 2.24) is 29.9 Å². The minimum Gasteiger partial charge on any atom is -0.481 e. The van der Waals surface area contributed by atoms with Gasteiger partial charge in [0.05, 0.1) is 18.7 Å². The first kappa shape index (κ1) is 15.9. The molecule has 3 aromatic rings. The fourth-order valence-corrected chi connectivity index (χ4v) is 2.77. The van der Waals surface area contributed by atoms with Crippen molar-refractivity contribution < 1.29 is 9.53 Å². The van der Waals surface area contributed by atoms with E-state index in [4.69, 9.17) is 10.5 Å². The maximum Gasteiger partial charge on any atom is 0.239 e. The number of rotatable bonds is 5. The predicted molar refractivity (Wildman–Crippen MR) is 88.6 cm³/mol. The van der Waals surface area contributed by atoms with Gasteiger partial charge in [-0.3, -0.25) is 10.1 Å². The second-order valence-electron chi connectivity index (χ2n) is 4.66. The highest BCUT2D eigenvalue weighted by atomic mass is 32.2. The number of methoxy groups -OCH3 is 1. The van der Waals surface area contributed by atoms with E-state index < -0.39 is 5.25 Å². The van der Waals surface area contributed by atoms with Crippen molar-refractivity contribution in [3.8, 4) is 5.88 Å². The molecule has 0 saturated heterocycles. The number of nitrogens with two attached hydrogens (primary N) is 1. The van der Waals surface area contributed by atoms with Gasteiger partial charge in [-0.25, -0.2) is 15.0 Å². The van der Waals surface area contributed by atoms with Crippen molar-refractivity contribution in [2.24, 2.45) is 0 Å². The number of aromatic amines is 1. The summed E-state index contributed by atoms with van der Waals surface area (Å²) in [6.45, 7) is 1.74. The van der Waals surface area contributed by atoms with E-state index in [9.17, 15) is 4.79 Å². The van der Waals surface area contributed by atoms with Gasteiger partial charge in [0.25, 0.3) is 0 Å². The first-order chi connectivity index (χ1) is 11.6. The molecule has 0 unspecified atom stereocenters. The lowest BCUT2D eigenvalue weighted by atomic mass is 10.4. The number of hydrogen-bond donors (Lipinski definition) is 3. The van der Waals surface area contributed by atoms with E-state index in [-0.39, 0.29) is 17.8 Å². The Balaban J connectivity index is 1.74. The van der Waals surface area contributed by atoms with Gasteiger partial charge < -0.3 is 15.5 Å². The lowest BCUT2D eigenvalue weighted by Crippen LogP contribution is -2.23. The molecule has 1 amide bonds. The second kappa shape index (κ2) is 6.66. The van der Waals surface area contributed by atoms with Gasteiger partial charge in [0, 0.05) is 12.3 Å². The summed E-state index contributed by atoms with van der Waals surface area (Å²) in [6.07, 6.45) is 3.00. The molecule has 0 aliphatic rings. The summed E-state index contributed by atoms with van der Waals surface area (Å²) in [5, 5.41) is 2.70. The van der Waals surface area contributed by atoms with Crippen LogP contribution in [0.2, 0.25) is 0 Å². The quantitative estimate of drug-likeness (QED) is 0.452. The van der Waals surface area contributed by atoms with Gasteiger partial charge in [0.2, 0.25) is 23.7 Å². The average molecular weight is 346 g/mol. The van der Waals surface area contributed by atoms with Crippen LogP contribution in [0, 0.1) is 0 Å². The van der Waals surface area contributed by atoms with E-state index in [1.165, 1.54) is 31.4 Å². The van der Waals surface area contributed by atoms with E-state index in [2.05, 4.69) is 35.2 Å². The molecule has 0 spiro atoms. The minimum atomic E-state index is -0.472. The smallest absolute Gasteiger partial charge is 0.239 e. The van der Waals surface area contributed by atoms with E-state index in [1.807, 2.05) is 0 Å². The fourth-order valence-electron chi connectivity index (χ4n) is 1.86. The molecule has 0 aromatic carbocycles. The number of imidazole rings is 1. The molecular weight excluding hydrogens is 332 g/mol. The molecule has 0 saturated carbocycles. The van der Waals surface area contributed by atoms with Crippen molar-refractivity contribution in [3.63, 3.8) is 0 Å². The molecule has 10 nitrogen and oxygen atoms in total. The minimum absolute atomic E-state index is 0.0980. The summed E-state index contributed by atoms with van der Waals surface area (Å²) in [6, 6.07) is 1.59. The lowest BCUT2D eigenvalue weighted by molar-refractivity contribution is -0.115. The lowest BCUT2D eigenvalue weighted by Gasteiger charge is -2.11. The first-order valence-corrected chi connectivity index (χ1v) is 7.76. The summed E-state index contributed by atoms with van der Waals surface area (Å²) >= 11 is 1.23. The van der Waals surface area contributed by atoms with Crippen molar-refractivity contribution in [2.75, 3.05) is 18.2 Å². The van der Waals surface area contributed by atoms with Crippen LogP contribution in [0.5, 0.6) is 5.88 Å². The third-order valence-corrected chi connectivity index (χ3v) is 4.09. The Labute approximate surface area is 140 Å². The maximum absolute atomic E-state index is 12.3. The number of carbonyl (C=O) groups excluding carboxylic acids is 1. The highest BCUT2D eigenvalue weighted by Crippen LogP contribution is 2.27. The highest BCUT2D eigenvalue weighted by molar-refractivity contribution is 8.00. The number of nitrogens with one attached hydrogen (secondary N) is 2. The molecule has 4 N–H and O–H groups in total. The van der Waals surface area contributed by atoms with Gasteiger partial charge in [0.15, 0.2) is 5.65 Å². The summed E-state index contributed by atoms with van der Waals surface area (Å²) in [4.78, 5) is 35.5. The van der Waals surface area contributed by atoms with E-state index in [1.54, 1.807) is 13.0 Å². The molecule has 24 heavy (non-hydrogen) atoms. The third kappa shape index (κ3) is 3.35. The zero-order chi connectivity index (χ0) is 17.1. The van der Waals surface area contributed by atoms with Crippen LogP contribution < -0.4 is 15.8 Å². The molecule has 3 rings (SSSR count). The molecule has 11 heteroatoms.